The summed E-state index contributed by atoms with van der Waals surface area (Å²) in [6.07, 6.45) is 1.50. The summed E-state index contributed by atoms with van der Waals surface area (Å²) in [5.74, 6) is 0.896. The summed E-state index contributed by atoms with van der Waals surface area (Å²) in [6.45, 7) is 0. The van der Waals surface area contributed by atoms with Crippen LogP contribution in [0.2, 0.25) is 5.02 Å². The Labute approximate surface area is 133 Å². The Balaban J connectivity index is 2.09. The highest BCUT2D eigenvalue weighted by Gasteiger charge is 2.07. The van der Waals surface area contributed by atoms with Crippen LogP contribution in [0.5, 0.6) is 11.5 Å². The molecule has 0 saturated carbocycles. The van der Waals surface area contributed by atoms with E-state index in [9.17, 15) is 4.79 Å². The van der Waals surface area contributed by atoms with E-state index in [0.717, 1.165) is 5.56 Å². The molecule has 1 N–H and O–H groups in total. The van der Waals surface area contributed by atoms with Crippen molar-refractivity contribution < 1.29 is 14.3 Å². The second-order valence-corrected chi connectivity index (χ2v) is 4.73. The van der Waals surface area contributed by atoms with E-state index < -0.39 is 0 Å². The van der Waals surface area contributed by atoms with Crippen LogP contribution in [0.25, 0.3) is 0 Å². The predicted molar refractivity (Wildman–Crippen MR) is 86.1 cm³/mol. The van der Waals surface area contributed by atoms with Crippen molar-refractivity contribution in [1.82, 2.24) is 5.43 Å². The van der Waals surface area contributed by atoms with Gasteiger partial charge in [0.2, 0.25) is 0 Å². The molecule has 0 radical (unpaired) electrons. The molecule has 5 nitrogen and oxygen atoms in total. The zero-order valence-corrected chi connectivity index (χ0v) is 12.9. The number of hydrogen-bond acceptors (Lipinski definition) is 4. The molecular weight excluding hydrogens is 304 g/mol. The maximum absolute atomic E-state index is 11.9. The van der Waals surface area contributed by atoms with Gasteiger partial charge in [-0.15, -0.1) is 0 Å². The van der Waals surface area contributed by atoms with Gasteiger partial charge in [0.05, 0.1) is 31.0 Å². The zero-order chi connectivity index (χ0) is 15.9. The number of methoxy groups -OCH3 is 2. The fourth-order valence-corrected chi connectivity index (χ4v) is 2.00. The quantitative estimate of drug-likeness (QED) is 0.680. The number of rotatable bonds is 5. The van der Waals surface area contributed by atoms with Crippen LogP contribution < -0.4 is 14.9 Å². The van der Waals surface area contributed by atoms with Gasteiger partial charge < -0.3 is 9.47 Å². The van der Waals surface area contributed by atoms with E-state index in [1.165, 1.54) is 6.21 Å². The number of carbonyl (C=O) groups is 1. The van der Waals surface area contributed by atoms with Crippen molar-refractivity contribution in [3.8, 4) is 11.5 Å². The number of benzene rings is 2. The third-order valence-electron chi connectivity index (χ3n) is 2.87. The van der Waals surface area contributed by atoms with Crippen LogP contribution in [0.15, 0.2) is 47.6 Å². The highest BCUT2D eigenvalue weighted by atomic mass is 35.5. The molecule has 22 heavy (non-hydrogen) atoms. The van der Waals surface area contributed by atoms with Gasteiger partial charge in [-0.1, -0.05) is 23.7 Å². The molecule has 0 aliphatic rings. The Hall–Kier alpha value is -2.53. The van der Waals surface area contributed by atoms with E-state index in [0.29, 0.717) is 22.1 Å². The van der Waals surface area contributed by atoms with Crippen LogP contribution >= 0.6 is 11.6 Å². The number of halogens is 1. The minimum atomic E-state index is -0.378. The molecule has 0 unspecified atom stereocenters. The van der Waals surface area contributed by atoms with Gasteiger partial charge in [-0.05, 0) is 24.3 Å². The van der Waals surface area contributed by atoms with Crippen molar-refractivity contribution in [2.45, 2.75) is 0 Å². The fraction of sp³-hybridized carbons (Fsp3) is 0.125. The SMILES string of the molecule is COc1cc(/C=N/NC(=O)c2ccccc2Cl)cc(OC)c1. The molecular formula is C16H15ClN2O3. The molecule has 0 fully saturated rings. The fourth-order valence-electron chi connectivity index (χ4n) is 1.77. The molecule has 6 heteroatoms. The molecule has 1 amide bonds. The number of hydrazone groups is 1. The lowest BCUT2D eigenvalue weighted by Crippen LogP contribution is -2.17. The molecule has 2 rings (SSSR count). The second kappa shape index (κ2) is 7.47. The first-order valence-corrected chi connectivity index (χ1v) is 6.83. The van der Waals surface area contributed by atoms with Gasteiger partial charge in [-0.25, -0.2) is 5.43 Å². The predicted octanol–water partition coefficient (Wildman–Crippen LogP) is 3.12. The summed E-state index contributed by atoms with van der Waals surface area (Å²) in [4.78, 5) is 11.9. The summed E-state index contributed by atoms with van der Waals surface area (Å²) in [6, 6.07) is 12.1. The highest BCUT2D eigenvalue weighted by Crippen LogP contribution is 2.21. The van der Waals surface area contributed by atoms with E-state index in [2.05, 4.69) is 10.5 Å². The second-order valence-electron chi connectivity index (χ2n) is 4.32. The van der Waals surface area contributed by atoms with Gasteiger partial charge >= 0.3 is 0 Å². The number of carbonyl (C=O) groups excluding carboxylic acids is 1. The van der Waals surface area contributed by atoms with Gasteiger partial charge in [-0.3, -0.25) is 4.79 Å². The van der Waals surface area contributed by atoms with E-state index in [1.807, 2.05) is 0 Å². The van der Waals surface area contributed by atoms with Crippen LogP contribution in [0.1, 0.15) is 15.9 Å². The molecule has 2 aromatic rings. The van der Waals surface area contributed by atoms with Crippen molar-refractivity contribution >= 4 is 23.7 Å². The Morgan fingerprint density at radius 2 is 1.77 bits per heavy atom. The normalized spacial score (nSPS) is 10.5. The molecule has 0 heterocycles. The average molecular weight is 319 g/mol. The summed E-state index contributed by atoms with van der Waals surface area (Å²) in [5.41, 5.74) is 3.53. The molecule has 114 valence electrons. The minimum Gasteiger partial charge on any atom is -0.497 e. The van der Waals surface area contributed by atoms with Gasteiger partial charge in [0.15, 0.2) is 0 Å². The Bertz CT molecular complexity index is 679. The van der Waals surface area contributed by atoms with E-state index in [-0.39, 0.29) is 5.91 Å². The van der Waals surface area contributed by atoms with E-state index in [1.54, 1.807) is 56.7 Å². The first kappa shape index (κ1) is 15.9. The summed E-state index contributed by atoms with van der Waals surface area (Å²) in [5, 5.41) is 4.29. The molecule has 0 saturated heterocycles. The molecule has 0 bridgehead atoms. The molecule has 0 aliphatic heterocycles. The first-order valence-electron chi connectivity index (χ1n) is 6.45. The maximum Gasteiger partial charge on any atom is 0.272 e. The monoisotopic (exact) mass is 318 g/mol. The smallest absolute Gasteiger partial charge is 0.272 e. The standard InChI is InChI=1S/C16H15ClN2O3/c1-21-12-7-11(8-13(9-12)22-2)10-18-19-16(20)14-5-3-4-6-15(14)17/h3-10H,1-2H3,(H,19,20)/b18-10+. The minimum absolute atomic E-state index is 0.365. The van der Waals surface area contributed by atoms with Crippen molar-refractivity contribution in [3.05, 3.63) is 58.6 Å². The van der Waals surface area contributed by atoms with Crippen LogP contribution in [0.4, 0.5) is 0 Å². The van der Waals surface area contributed by atoms with Gasteiger partial charge in [0, 0.05) is 11.6 Å². The molecule has 2 aromatic carbocycles. The molecule has 0 aliphatic carbocycles. The zero-order valence-electron chi connectivity index (χ0n) is 12.2. The molecule has 0 spiro atoms. The third-order valence-corrected chi connectivity index (χ3v) is 3.20. The van der Waals surface area contributed by atoms with E-state index >= 15 is 0 Å². The van der Waals surface area contributed by atoms with Crippen molar-refractivity contribution in [1.29, 1.82) is 0 Å². The van der Waals surface area contributed by atoms with Crippen LogP contribution in [-0.4, -0.2) is 26.3 Å². The Kier molecular flexibility index (Phi) is 5.38. The van der Waals surface area contributed by atoms with Gasteiger partial charge in [-0.2, -0.15) is 5.10 Å². The van der Waals surface area contributed by atoms with Crippen molar-refractivity contribution in [2.24, 2.45) is 5.10 Å². The van der Waals surface area contributed by atoms with Crippen molar-refractivity contribution in [3.63, 3.8) is 0 Å². The van der Waals surface area contributed by atoms with Crippen LogP contribution in [0.3, 0.4) is 0 Å². The number of nitrogens with zero attached hydrogens (tertiary/aromatic N) is 1. The van der Waals surface area contributed by atoms with Gasteiger partial charge in [0.1, 0.15) is 11.5 Å². The summed E-state index contributed by atoms with van der Waals surface area (Å²) < 4.78 is 10.3. The lowest BCUT2D eigenvalue weighted by Gasteiger charge is -2.05. The van der Waals surface area contributed by atoms with E-state index in [4.69, 9.17) is 21.1 Å². The number of ether oxygens (including phenoxy) is 2. The largest absolute Gasteiger partial charge is 0.497 e. The lowest BCUT2D eigenvalue weighted by atomic mass is 10.2. The summed E-state index contributed by atoms with van der Waals surface area (Å²) in [7, 11) is 3.13. The number of amides is 1. The first-order chi connectivity index (χ1) is 10.6. The Morgan fingerprint density at radius 1 is 1.14 bits per heavy atom. The maximum atomic E-state index is 11.9. The Morgan fingerprint density at radius 3 is 2.36 bits per heavy atom. The third kappa shape index (κ3) is 3.99. The topological polar surface area (TPSA) is 59.9 Å². The van der Waals surface area contributed by atoms with Crippen molar-refractivity contribution in [2.75, 3.05) is 14.2 Å². The van der Waals surface area contributed by atoms with Crippen LogP contribution in [0, 0.1) is 0 Å². The van der Waals surface area contributed by atoms with Crippen LogP contribution in [-0.2, 0) is 0 Å². The van der Waals surface area contributed by atoms with Gasteiger partial charge in [0.25, 0.3) is 5.91 Å². The number of hydrogen-bond donors (Lipinski definition) is 1. The highest BCUT2D eigenvalue weighted by molar-refractivity contribution is 6.33. The average Bonchev–Trinajstić information content (AvgIpc) is 2.54. The summed E-state index contributed by atoms with van der Waals surface area (Å²) >= 11 is 5.95. The lowest BCUT2D eigenvalue weighted by molar-refractivity contribution is 0.0955. The molecule has 0 aromatic heterocycles. The molecule has 0 atom stereocenters. The number of nitrogens with one attached hydrogen (secondary N) is 1.